The van der Waals surface area contributed by atoms with E-state index in [0.717, 1.165) is 16.7 Å². The Morgan fingerprint density at radius 3 is 2.21 bits per heavy atom. The lowest BCUT2D eigenvalue weighted by Crippen LogP contribution is -2.49. The van der Waals surface area contributed by atoms with Gasteiger partial charge in [-0.3, -0.25) is 13.9 Å². The molecule has 1 atom stereocenters. The summed E-state index contributed by atoms with van der Waals surface area (Å²) in [4.78, 5) is 27.7. The fourth-order valence-corrected chi connectivity index (χ4v) is 4.96. The zero-order valence-electron chi connectivity index (χ0n) is 20.9. The van der Waals surface area contributed by atoms with E-state index in [1.165, 1.54) is 10.6 Å². The minimum absolute atomic E-state index is 0.138. The van der Waals surface area contributed by atoms with Crippen molar-refractivity contribution < 1.29 is 18.0 Å². The van der Waals surface area contributed by atoms with Crippen molar-refractivity contribution in [3.63, 3.8) is 0 Å². The maximum absolute atomic E-state index is 13.3. The van der Waals surface area contributed by atoms with Gasteiger partial charge in [-0.05, 0) is 56.9 Å². The lowest BCUT2D eigenvalue weighted by Gasteiger charge is -2.31. The van der Waals surface area contributed by atoms with Crippen LogP contribution in [0.1, 0.15) is 49.8 Å². The van der Waals surface area contributed by atoms with Gasteiger partial charge < -0.3 is 10.2 Å². The number of hydrogen-bond donors (Lipinski definition) is 1. The van der Waals surface area contributed by atoms with E-state index in [1.807, 2.05) is 70.2 Å². The van der Waals surface area contributed by atoms with Gasteiger partial charge in [0.1, 0.15) is 6.04 Å². The summed E-state index contributed by atoms with van der Waals surface area (Å²) in [5, 5.41) is 2.83. The van der Waals surface area contributed by atoms with Gasteiger partial charge in [0.05, 0.1) is 11.9 Å². The molecule has 0 saturated carbocycles. The molecule has 8 heteroatoms. The lowest BCUT2D eigenvalue weighted by molar-refractivity contribution is -0.141. The van der Waals surface area contributed by atoms with Crippen LogP contribution in [0.4, 0.5) is 5.69 Å². The second kappa shape index (κ2) is 12.6. The zero-order chi connectivity index (χ0) is 25.3. The maximum atomic E-state index is 13.3. The molecule has 0 bridgehead atoms. The second-order valence-electron chi connectivity index (χ2n) is 8.61. The van der Waals surface area contributed by atoms with Crippen LogP contribution in [-0.2, 0) is 26.2 Å². The molecule has 186 valence electrons. The Morgan fingerprint density at radius 2 is 1.65 bits per heavy atom. The molecular formula is C26H37N3O4S. The molecule has 0 aliphatic heterocycles. The van der Waals surface area contributed by atoms with Crippen LogP contribution >= 0.6 is 0 Å². The molecule has 0 aromatic heterocycles. The minimum Gasteiger partial charge on any atom is -0.355 e. The third-order valence-electron chi connectivity index (χ3n) is 5.61. The molecule has 2 aromatic rings. The summed E-state index contributed by atoms with van der Waals surface area (Å²) in [5.74, 6) is -0.346. The number of likely N-dealkylation sites (N-methyl/N-ethyl adjacent to an activating group) is 1. The highest BCUT2D eigenvalue weighted by Crippen LogP contribution is 2.21. The van der Waals surface area contributed by atoms with Crippen LogP contribution in [0.15, 0.2) is 48.5 Å². The van der Waals surface area contributed by atoms with Crippen molar-refractivity contribution >= 4 is 27.5 Å². The fraction of sp³-hybridized carbons (Fsp3) is 0.462. The van der Waals surface area contributed by atoms with E-state index in [0.29, 0.717) is 31.6 Å². The van der Waals surface area contributed by atoms with Gasteiger partial charge in [-0.15, -0.1) is 0 Å². The highest BCUT2D eigenvalue weighted by molar-refractivity contribution is 7.92. The van der Waals surface area contributed by atoms with Gasteiger partial charge in [-0.1, -0.05) is 48.9 Å². The first-order valence-electron chi connectivity index (χ1n) is 11.7. The highest BCUT2D eigenvalue weighted by atomic mass is 32.2. The van der Waals surface area contributed by atoms with Gasteiger partial charge in [0, 0.05) is 26.1 Å². The Labute approximate surface area is 204 Å². The van der Waals surface area contributed by atoms with Crippen molar-refractivity contribution in [1.29, 1.82) is 0 Å². The maximum Gasteiger partial charge on any atom is 0.242 e. The molecule has 1 N–H and O–H groups in total. The quantitative estimate of drug-likeness (QED) is 0.493. The van der Waals surface area contributed by atoms with Crippen LogP contribution in [0.3, 0.4) is 0 Å². The predicted octanol–water partition coefficient (Wildman–Crippen LogP) is 3.79. The molecule has 34 heavy (non-hydrogen) atoms. The molecule has 0 heterocycles. The summed E-state index contributed by atoms with van der Waals surface area (Å²) >= 11 is 0. The van der Waals surface area contributed by atoms with Crippen molar-refractivity contribution in [3.05, 3.63) is 65.2 Å². The largest absolute Gasteiger partial charge is 0.355 e. The summed E-state index contributed by atoms with van der Waals surface area (Å²) in [6.45, 7) is 8.63. The molecule has 0 spiro atoms. The number of rotatable bonds is 12. The molecule has 0 aliphatic rings. The van der Waals surface area contributed by atoms with E-state index < -0.39 is 16.1 Å². The number of sulfonamides is 1. The van der Waals surface area contributed by atoms with E-state index in [4.69, 9.17) is 0 Å². The van der Waals surface area contributed by atoms with Crippen molar-refractivity contribution in [2.75, 3.05) is 23.7 Å². The van der Waals surface area contributed by atoms with Crippen LogP contribution in [0, 0.1) is 13.8 Å². The van der Waals surface area contributed by atoms with Gasteiger partial charge >= 0.3 is 0 Å². The Hall–Kier alpha value is -2.87. The van der Waals surface area contributed by atoms with Crippen molar-refractivity contribution in [2.45, 2.75) is 59.5 Å². The van der Waals surface area contributed by atoms with Crippen molar-refractivity contribution in [1.82, 2.24) is 10.2 Å². The number of nitrogens with zero attached hydrogens (tertiary/aromatic N) is 2. The summed E-state index contributed by atoms with van der Waals surface area (Å²) in [6, 6.07) is 14.6. The topological polar surface area (TPSA) is 86.8 Å². The van der Waals surface area contributed by atoms with E-state index in [-0.39, 0.29) is 24.8 Å². The predicted molar refractivity (Wildman–Crippen MR) is 137 cm³/mol. The lowest BCUT2D eigenvalue weighted by atomic mass is 10.1. The Balaban J connectivity index is 2.20. The average molecular weight is 488 g/mol. The molecule has 0 aliphatic carbocycles. The number of anilines is 1. The van der Waals surface area contributed by atoms with E-state index in [1.54, 1.807) is 11.0 Å². The molecule has 2 amide bonds. The molecular weight excluding hydrogens is 450 g/mol. The van der Waals surface area contributed by atoms with Gasteiger partial charge in [-0.2, -0.15) is 0 Å². The van der Waals surface area contributed by atoms with Gasteiger partial charge in [-0.25, -0.2) is 8.42 Å². The third kappa shape index (κ3) is 7.87. The number of nitrogens with one attached hydrogen (secondary N) is 1. The number of carbonyl (C=O) groups excluding carboxylic acids is 2. The number of amides is 2. The minimum atomic E-state index is -3.50. The zero-order valence-corrected chi connectivity index (χ0v) is 21.7. The van der Waals surface area contributed by atoms with Crippen LogP contribution in [0.2, 0.25) is 0 Å². The monoisotopic (exact) mass is 487 g/mol. The summed E-state index contributed by atoms with van der Waals surface area (Å²) in [5.41, 5.74) is 3.58. The van der Waals surface area contributed by atoms with Gasteiger partial charge in [0.15, 0.2) is 0 Å². The first-order chi connectivity index (χ1) is 16.1. The summed E-state index contributed by atoms with van der Waals surface area (Å²) in [7, 11) is -3.50. The molecule has 2 aromatic carbocycles. The molecule has 0 saturated heterocycles. The van der Waals surface area contributed by atoms with Gasteiger partial charge in [0.2, 0.25) is 21.8 Å². The first-order valence-corrected chi connectivity index (χ1v) is 13.6. The van der Waals surface area contributed by atoms with Crippen LogP contribution in [-0.4, -0.2) is 50.5 Å². The number of hydrogen-bond acceptors (Lipinski definition) is 4. The number of aryl methyl sites for hydroxylation is 2. The van der Waals surface area contributed by atoms with E-state index in [9.17, 15) is 18.0 Å². The van der Waals surface area contributed by atoms with Crippen molar-refractivity contribution in [2.24, 2.45) is 0 Å². The standard InChI is InChI=1S/C26H37N3O4S/c1-6-24(26(31)27-7-2)28(19-22-13-8-11-20(3)17-22)25(30)15-10-16-29(34(5,32)33)23-14-9-12-21(4)18-23/h8-9,11-14,17-18,24H,6-7,10,15-16,19H2,1-5H3,(H,27,31)/t24-/m1/s1. The number of carbonyl (C=O) groups is 2. The van der Waals surface area contributed by atoms with E-state index >= 15 is 0 Å². The Kier molecular flexibility index (Phi) is 10.1. The van der Waals surface area contributed by atoms with E-state index in [2.05, 4.69) is 5.32 Å². The average Bonchev–Trinajstić information content (AvgIpc) is 2.75. The summed E-state index contributed by atoms with van der Waals surface area (Å²) < 4.78 is 26.2. The first kappa shape index (κ1) is 27.4. The highest BCUT2D eigenvalue weighted by Gasteiger charge is 2.28. The second-order valence-corrected chi connectivity index (χ2v) is 10.5. The van der Waals surface area contributed by atoms with Gasteiger partial charge in [0.25, 0.3) is 0 Å². The number of benzene rings is 2. The molecule has 0 unspecified atom stereocenters. The molecule has 7 nitrogen and oxygen atoms in total. The van der Waals surface area contributed by atoms with Crippen molar-refractivity contribution in [3.8, 4) is 0 Å². The third-order valence-corrected chi connectivity index (χ3v) is 6.81. The smallest absolute Gasteiger partial charge is 0.242 e. The fourth-order valence-electron chi connectivity index (χ4n) is 4.01. The normalized spacial score (nSPS) is 12.1. The van der Waals surface area contributed by atoms with Crippen LogP contribution < -0.4 is 9.62 Å². The SMILES string of the molecule is CCNC(=O)[C@@H](CC)N(Cc1cccc(C)c1)C(=O)CCCN(c1cccc(C)c1)S(C)(=O)=O. The Morgan fingerprint density at radius 1 is 1.00 bits per heavy atom. The molecule has 0 radical (unpaired) electrons. The summed E-state index contributed by atoms with van der Waals surface area (Å²) in [6.07, 6.45) is 2.14. The van der Waals surface area contributed by atoms with Crippen LogP contribution in [0.25, 0.3) is 0 Å². The molecule has 2 rings (SSSR count). The molecule has 0 fully saturated rings. The Bertz CT molecular complexity index is 1080. The van der Waals surface area contributed by atoms with Crippen LogP contribution in [0.5, 0.6) is 0 Å².